The van der Waals surface area contributed by atoms with Crippen molar-refractivity contribution in [3.8, 4) is 0 Å². The molecule has 120 valence electrons. The zero-order valence-electron chi connectivity index (χ0n) is 12.7. The highest BCUT2D eigenvalue weighted by atomic mass is 16.5. The Hall–Kier alpha value is -1.14. The molecule has 0 spiro atoms. The summed E-state index contributed by atoms with van der Waals surface area (Å²) < 4.78 is 5.31. The summed E-state index contributed by atoms with van der Waals surface area (Å²) in [5, 5.41) is 15.8. The molecule has 2 unspecified atom stereocenters. The van der Waals surface area contributed by atoms with E-state index in [1.54, 1.807) is 6.92 Å². The van der Waals surface area contributed by atoms with Gasteiger partial charge in [0.15, 0.2) is 0 Å². The van der Waals surface area contributed by atoms with Gasteiger partial charge in [0.1, 0.15) is 5.60 Å². The number of nitrogens with one attached hydrogen (secondary N) is 2. The zero-order chi connectivity index (χ0) is 15.3. The van der Waals surface area contributed by atoms with Gasteiger partial charge in [-0.1, -0.05) is 12.8 Å². The summed E-state index contributed by atoms with van der Waals surface area (Å²) >= 11 is 0. The molecule has 2 aliphatic rings. The van der Waals surface area contributed by atoms with Gasteiger partial charge in [-0.2, -0.15) is 0 Å². The molecule has 3 N–H and O–H groups in total. The van der Waals surface area contributed by atoms with Crippen LogP contribution in [0.4, 0.5) is 0 Å². The number of amides is 2. The van der Waals surface area contributed by atoms with Crippen LogP contribution in [-0.4, -0.2) is 48.3 Å². The lowest BCUT2D eigenvalue weighted by Gasteiger charge is -2.26. The Morgan fingerprint density at radius 1 is 1.29 bits per heavy atom. The van der Waals surface area contributed by atoms with Crippen molar-refractivity contribution < 1.29 is 19.4 Å². The fourth-order valence-electron chi connectivity index (χ4n) is 2.97. The van der Waals surface area contributed by atoms with E-state index in [0.29, 0.717) is 19.6 Å². The minimum Gasteiger partial charge on any atom is -0.385 e. The molecular formula is C15H26N2O4. The predicted octanol–water partition coefficient (Wildman–Crippen LogP) is 0.339. The molecule has 1 saturated heterocycles. The van der Waals surface area contributed by atoms with Gasteiger partial charge in [0.25, 0.3) is 0 Å². The summed E-state index contributed by atoms with van der Waals surface area (Å²) in [6, 6.07) is 0. The number of ether oxygens (including phenoxy) is 1. The maximum absolute atomic E-state index is 11.8. The van der Waals surface area contributed by atoms with Gasteiger partial charge in [0.05, 0.1) is 6.10 Å². The second-order valence-corrected chi connectivity index (χ2v) is 6.17. The third kappa shape index (κ3) is 4.41. The van der Waals surface area contributed by atoms with E-state index in [2.05, 4.69) is 10.6 Å². The molecule has 1 aliphatic heterocycles. The van der Waals surface area contributed by atoms with E-state index >= 15 is 0 Å². The van der Waals surface area contributed by atoms with Crippen LogP contribution >= 0.6 is 0 Å². The van der Waals surface area contributed by atoms with Gasteiger partial charge >= 0.3 is 0 Å². The number of carbonyl (C=O) groups excluding carboxylic acids is 2. The summed E-state index contributed by atoms with van der Waals surface area (Å²) in [7, 11) is 0. The maximum atomic E-state index is 11.8. The van der Waals surface area contributed by atoms with E-state index < -0.39 is 5.60 Å². The van der Waals surface area contributed by atoms with Gasteiger partial charge in [0.2, 0.25) is 11.8 Å². The standard InChI is InChI=1S/C15H26N2O4/c1-11-15(20,7-9-21-11)10-17-13(18)6-8-16-14(19)12-4-2-3-5-12/h11-12,20H,2-10H2,1H3,(H,16,19)(H,17,18). The quantitative estimate of drug-likeness (QED) is 0.660. The average Bonchev–Trinajstić information content (AvgIpc) is 3.08. The Balaban J connectivity index is 1.60. The van der Waals surface area contributed by atoms with Crippen LogP contribution in [0.25, 0.3) is 0 Å². The van der Waals surface area contributed by atoms with E-state index in [0.717, 1.165) is 25.7 Å². The molecule has 21 heavy (non-hydrogen) atoms. The lowest BCUT2D eigenvalue weighted by molar-refractivity contribution is -0.125. The van der Waals surface area contributed by atoms with Crippen molar-refractivity contribution in [1.29, 1.82) is 0 Å². The summed E-state index contributed by atoms with van der Waals surface area (Å²) in [4.78, 5) is 23.5. The fraction of sp³-hybridized carbons (Fsp3) is 0.867. The number of hydrogen-bond acceptors (Lipinski definition) is 4. The molecule has 0 aromatic rings. The fourth-order valence-corrected chi connectivity index (χ4v) is 2.97. The van der Waals surface area contributed by atoms with Crippen LogP contribution in [0.1, 0.15) is 45.4 Å². The van der Waals surface area contributed by atoms with Crippen molar-refractivity contribution in [3.05, 3.63) is 0 Å². The molecule has 0 aromatic carbocycles. The van der Waals surface area contributed by atoms with E-state index in [1.807, 2.05) is 0 Å². The second kappa shape index (κ2) is 7.22. The van der Waals surface area contributed by atoms with E-state index in [1.165, 1.54) is 0 Å². The molecule has 6 nitrogen and oxygen atoms in total. The molecule has 0 radical (unpaired) electrons. The first kappa shape index (κ1) is 16.2. The lowest BCUT2D eigenvalue weighted by atomic mass is 9.97. The van der Waals surface area contributed by atoms with Gasteiger partial charge in [-0.3, -0.25) is 9.59 Å². The normalized spacial score (nSPS) is 29.5. The highest BCUT2D eigenvalue weighted by Crippen LogP contribution is 2.25. The summed E-state index contributed by atoms with van der Waals surface area (Å²) in [6.07, 6.45) is 4.68. The van der Waals surface area contributed by atoms with Crippen molar-refractivity contribution in [1.82, 2.24) is 10.6 Å². The Labute approximate surface area is 125 Å². The van der Waals surface area contributed by atoms with Crippen LogP contribution in [0.5, 0.6) is 0 Å². The molecule has 1 aliphatic carbocycles. The summed E-state index contributed by atoms with van der Waals surface area (Å²) in [5.41, 5.74) is -0.969. The largest absolute Gasteiger partial charge is 0.385 e. The summed E-state index contributed by atoms with van der Waals surface area (Å²) in [5.74, 6) is 0.0382. The van der Waals surface area contributed by atoms with Crippen molar-refractivity contribution in [2.45, 2.75) is 57.2 Å². The van der Waals surface area contributed by atoms with Gasteiger partial charge in [-0.25, -0.2) is 0 Å². The number of hydrogen-bond donors (Lipinski definition) is 3. The van der Waals surface area contributed by atoms with Gasteiger partial charge in [-0.05, 0) is 19.8 Å². The minimum absolute atomic E-state index is 0.0664. The van der Waals surface area contributed by atoms with E-state index in [4.69, 9.17) is 4.74 Å². The van der Waals surface area contributed by atoms with Crippen LogP contribution < -0.4 is 10.6 Å². The van der Waals surface area contributed by atoms with Gasteiger partial charge in [0, 0.05) is 38.5 Å². The Kier molecular flexibility index (Phi) is 5.58. The van der Waals surface area contributed by atoms with Gasteiger partial charge in [-0.15, -0.1) is 0 Å². The predicted molar refractivity (Wildman–Crippen MR) is 77.6 cm³/mol. The first-order valence-corrected chi connectivity index (χ1v) is 7.90. The van der Waals surface area contributed by atoms with Crippen LogP contribution in [0, 0.1) is 5.92 Å². The van der Waals surface area contributed by atoms with Gasteiger partial charge < -0.3 is 20.5 Å². The summed E-state index contributed by atoms with van der Waals surface area (Å²) in [6.45, 7) is 2.88. The lowest BCUT2D eigenvalue weighted by Crippen LogP contribution is -2.47. The topological polar surface area (TPSA) is 87.7 Å². The first-order chi connectivity index (χ1) is 10.0. The first-order valence-electron chi connectivity index (χ1n) is 7.90. The Morgan fingerprint density at radius 2 is 2.00 bits per heavy atom. The number of aliphatic hydroxyl groups is 1. The van der Waals surface area contributed by atoms with E-state index in [-0.39, 0.29) is 36.8 Å². The number of carbonyl (C=O) groups is 2. The highest BCUT2D eigenvalue weighted by Gasteiger charge is 2.39. The zero-order valence-corrected chi connectivity index (χ0v) is 12.7. The molecular weight excluding hydrogens is 272 g/mol. The van der Waals surface area contributed by atoms with Crippen molar-refractivity contribution in [2.75, 3.05) is 19.7 Å². The molecule has 2 fully saturated rings. The van der Waals surface area contributed by atoms with Crippen molar-refractivity contribution in [3.63, 3.8) is 0 Å². The molecule has 2 atom stereocenters. The third-order valence-electron chi connectivity index (χ3n) is 4.63. The van der Waals surface area contributed by atoms with Crippen LogP contribution in [0.2, 0.25) is 0 Å². The molecule has 1 saturated carbocycles. The molecule has 0 bridgehead atoms. The maximum Gasteiger partial charge on any atom is 0.223 e. The molecule has 0 aromatic heterocycles. The SMILES string of the molecule is CC1OCCC1(O)CNC(=O)CCNC(=O)C1CCCC1. The third-order valence-corrected chi connectivity index (χ3v) is 4.63. The van der Waals surface area contributed by atoms with E-state index in [9.17, 15) is 14.7 Å². The van der Waals surface area contributed by atoms with Crippen molar-refractivity contribution in [2.24, 2.45) is 5.92 Å². The average molecular weight is 298 g/mol. The van der Waals surface area contributed by atoms with Crippen LogP contribution in [0.15, 0.2) is 0 Å². The molecule has 6 heteroatoms. The van der Waals surface area contributed by atoms with Crippen LogP contribution in [-0.2, 0) is 14.3 Å². The Morgan fingerprint density at radius 3 is 2.62 bits per heavy atom. The molecule has 1 heterocycles. The second-order valence-electron chi connectivity index (χ2n) is 6.17. The van der Waals surface area contributed by atoms with Crippen LogP contribution in [0.3, 0.4) is 0 Å². The molecule has 2 amide bonds. The van der Waals surface area contributed by atoms with Crippen molar-refractivity contribution >= 4 is 11.8 Å². The smallest absolute Gasteiger partial charge is 0.223 e. The number of rotatable bonds is 6. The monoisotopic (exact) mass is 298 g/mol. The highest BCUT2D eigenvalue weighted by molar-refractivity contribution is 5.80. The minimum atomic E-state index is -0.969. The molecule has 2 rings (SSSR count). The Bertz CT molecular complexity index is 382.